The van der Waals surface area contributed by atoms with Crippen LogP contribution >= 0.6 is 0 Å². The molecule has 3 aromatic carbocycles. The van der Waals surface area contributed by atoms with E-state index in [0.29, 0.717) is 47.5 Å². The van der Waals surface area contributed by atoms with E-state index in [9.17, 15) is 28.8 Å². The van der Waals surface area contributed by atoms with E-state index in [4.69, 9.17) is 4.98 Å². The molecular formula is C45H42N8O6. The zero-order valence-corrected chi connectivity index (χ0v) is 32.8. The van der Waals surface area contributed by atoms with Crippen LogP contribution < -0.4 is 26.6 Å². The van der Waals surface area contributed by atoms with Crippen molar-refractivity contribution < 1.29 is 28.8 Å². The number of hydrogen-bond donors (Lipinski definition) is 5. The number of carbonyl (C=O) groups excluding carboxylic acids is 6. The molecule has 298 valence electrons. The number of hydrogen-bond acceptors (Lipinski definition) is 9. The van der Waals surface area contributed by atoms with Gasteiger partial charge in [-0.05, 0) is 65.4 Å². The first-order chi connectivity index (χ1) is 28.7. The van der Waals surface area contributed by atoms with Crippen molar-refractivity contribution in [1.82, 2.24) is 30.8 Å². The number of anilines is 2. The molecule has 6 amide bonds. The Hall–Kier alpha value is -7.40. The molecule has 5 heterocycles. The highest BCUT2D eigenvalue weighted by molar-refractivity contribution is 6.09. The summed E-state index contributed by atoms with van der Waals surface area (Å²) < 4.78 is 0. The van der Waals surface area contributed by atoms with Gasteiger partial charge in [0.25, 0.3) is 17.7 Å². The fraction of sp³-hybridized carbons (Fsp3) is 0.244. The first kappa shape index (κ1) is 39.8. The molecule has 5 aromatic rings. The molecule has 1 unspecified atom stereocenters. The van der Waals surface area contributed by atoms with Gasteiger partial charge in [-0.15, -0.1) is 0 Å². The van der Waals surface area contributed by atoms with Crippen molar-refractivity contribution in [1.29, 1.82) is 0 Å². The molecule has 59 heavy (non-hydrogen) atoms. The molecule has 14 nitrogen and oxygen atoms in total. The molecule has 8 rings (SSSR count). The number of benzene rings is 3. The van der Waals surface area contributed by atoms with Crippen LogP contribution in [0.2, 0.25) is 0 Å². The number of nitrogens with zero attached hydrogens (tertiary/aromatic N) is 3. The predicted molar refractivity (Wildman–Crippen MR) is 223 cm³/mol. The minimum atomic E-state index is -0.702. The zero-order chi connectivity index (χ0) is 41.6. The molecule has 0 radical (unpaired) electrons. The van der Waals surface area contributed by atoms with Crippen molar-refractivity contribution in [2.24, 2.45) is 0 Å². The van der Waals surface area contributed by atoms with Gasteiger partial charge < -0.3 is 26.2 Å². The van der Waals surface area contributed by atoms with E-state index in [-0.39, 0.29) is 61.2 Å². The zero-order valence-electron chi connectivity index (χ0n) is 32.8. The molecule has 0 bridgehead atoms. The van der Waals surface area contributed by atoms with E-state index < -0.39 is 11.9 Å². The Morgan fingerprint density at radius 1 is 0.864 bits per heavy atom. The number of fused-ring (bicyclic) bond motifs is 3. The molecule has 1 fully saturated rings. The molecule has 0 saturated carbocycles. The third-order valence-electron chi connectivity index (χ3n) is 10.2. The van der Waals surface area contributed by atoms with Crippen LogP contribution in [0, 0.1) is 11.8 Å². The highest BCUT2D eigenvalue weighted by Gasteiger charge is 2.39. The van der Waals surface area contributed by atoms with Gasteiger partial charge in [0.15, 0.2) is 0 Å². The van der Waals surface area contributed by atoms with Gasteiger partial charge in [-0.25, -0.2) is 0 Å². The third kappa shape index (κ3) is 8.22. The smallest absolute Gasteiger partial charge is 0.269 e. The summed E-state index contributed by atoms with van der Waals surface area (Å²) >= 11 is 0. The van der Waals surface area contributed by atoms with E-state index in [1.54, 1.807) is 49.8 Å². The van der Waals surface area contributed by atoms with Crippen molar-refractivity contribution in [2.45, 2.75) is 52.1 Å². The standard InChI is InChI=1S/C43H36N8O6.C2H6/c1-44-40(54)27-18-30(39-35(20-27)49-38(53)15-17-45-39)28-9-5-8-25-19-34(48-22-31(25)28)26-11-12-33(47-21-26)41(55)46-16-3-2-6-24-7-4-10-29-32(24)23-51(43(29)57)36-13-14-37(52)50-42(36)56;1-2/h4-5,7-12,18-22,36,45H,3,13-17,23H2,1H3,(H,44,54)(H,46,55)(H,49,53)(H,50,52,56);1-2H3. The van der Waals surface area contributed by atoms with E-state index in [0.717, 1.165) is 38.7 Å². The molecule has 0 aliphatic carbocycles. The summed E-state index contributed by atoms with van der Waals surface area (Å²) in [5.74, 6) is 4.35. The average molecular weight is 791 g/mol. The van der Waals surface area contributed by atoms with Crippen molar-refractivity contribution in [3.8, 4) is 34.2 Å². The van der Waals surface area contributed by atoms with E-state index >= 15 is 0 Å². The van der Waals surface area contributed by atoms with Crippen LogP contribution in [-0.4, -0.2) is 76.5 Å². The highest BCUT2D eigenvalue weighted by atomic mass is 16.2. The molecule has 5 N–H and O–H groups in total. The second-order valence-corrected chi connectivity index (χ2v) is 13.8. The van der Waals surface area contributed by atoms with E-state index in [1.807, 2.05) is 50.2 Å². The quantitative estimate of drug-likeness (QED) is 0.0855. The maximum Gasteiger partial charge on any atom is 0.269 e. The van der Waals surface area contributed by atoms with Gasteiger partial charge in [0, 0.05) is 91.5 Å². The maximum atomic E-state index is 13.1. The molecule has 14 heteroatoms. The van der Waals surface area contributed by atoms with Crippen molar-refractivity contribution >= 4 is 57.6 Å². The number of pyridine rings is 2. The van der Waals surface area contributed by atoms with Crippen LogP contribution in [0.15, 0.2) is 79.1 Å². The van der Waals surface area contributed by atoms with Gasteiger partial charge in [0.05, 0.1) is 17.1 Å². The lowest BCUT2D eigenvalue weighted by Crippen LogP contribution is -2.52. The van der Waals surface area contributed by atoms with Crippen LogP contribution in [0.1, 0.15) is 81.9 Å². The van der Waals surface area contributed by atoms with Crippen LogP contribution in [0.5, 0.6) is 0 Å². The number of piperidine rings is 1. The van der Waals surface area contributed by atoms with Crippen LogP contribution in [0.25, 0.3) is 33.2 Å². The fourth-order valence-corrected chi connectivity index (χ4v) is 7.37. The van der Waals surface area contributed by atoms with Gasteiger partial charge in [-0.1, -0.05) is 50.0 Å². The Morgan fingerprint density at radius 2 is 1.66 bits per heavy atom. The Morgan fingerprint density at radius 3 is 2.44 bits per heavy atom. The molecule has 3 aliphatic rings. The van der Waals surface area contributed by atoms with Crippen molar-refractivity contribution in [2.75, 3.05) is 30.8 Å². The summed E-state index contributed by atoms with van der Waals surface area (Å²) in [4.78, 5) is 85.7. The Bertz CT molecular complexity index is 2590. The van der Waals surface area contributed by atoms with Gasteiger partial charge in [-0.3, -0.25) is 44.1 Å². The summed E-state index contributed by atoms with van der Waals surface area (Å²) in [6.07, 6.45) is 4.48. The van der Waals surface area contributed by atoms with Gasteiger partial charge in [0.1, 0.15) is 11.7 Å². The molecule has 2 aromatic heterocycles. The second kappa shape index (κ2) is 17.4. The Kier molecular flexibility index (Phi) is 11.7. The normalized spacial score (nSPS) is 15.5. The fourth-order valence-electron chi connectivity index (χ4n) is 7.37. The van der Waals surface area contributed by atoms with E-state index in [1.165, 1.54) is 4.90 Å². The van der Waals surface area contributed by atoms with E-state index in [2.05, 4.69) is 43.4 Å². The lowest BCUT2D eigenvalue weighted by Gasteiger charge is -2.29. The van der Waals surface area contributed by atoms with Crippen LogP contribution in [0.4, 0.5) is 11.4 Å². The Labute approximate surface area is 340 Å². The largest absolute Gasteiger partial charge is 0.382 e. The number of rotatable bonds is 7. The first-order valence-electron chi connectivity index (χ1n) is 19.5. The van der Waals surface area contributed by atoms with Gasteiger partial charge in [0.2, 0.25) is 17.7 Å². The highest BCUT2D eigenvalue weighted by Crippen LogP contribution is 2.40. The SMILES string of the molecule is CC.CNC(=O)c1cc2c(c(-c3cccc4cc(-c5ccc(C(=O)NCCC#Cc6cccc7c6CN(C6CCC(=O)NC6=O)C7=O)nc5)ncc34)c1)NCCC(=O)N2. The van der Waals surface area contributed by atoms with Crippen molar-refractivity contribution in [3.63, 3.8) is 0 Å². The summed E-state index contributed by atoms with van der Waals surface area (Å²) in [5, 5.41) is 15.8. The number of nitrogens with one attached hydrogen (secondary N) is 5. The molecular weight excluding hydrogens is 749 g/mol. The molecule has 0 spiro atoms. The van der Waals surface area contributed by atoms with Crippen molar-refractivity contribution in [3.05, 3.63) is 107 Å². The van der Waals surface area contributed by atoms with Crippen LogP contribution in [-0.2, 0) is 20.9 Å². The van der Waals surface area contributed by atoms with Crippen LogP contribution in [0.3, 0.4) is 0 Å². The van der Waals surface area contributed by atoms with Gasteiger partial charge in [-0.2, -0.15) is 0 Å². The second-order valence-electron chi connectivity index (χ2n) is 13.8. The first-order valence-corrected chi connectivity index (χ1v) is 19.5. The molecule has 3 aliphatic heterocycles. The predicted octanol–water partition coefficient (Wildman–Crippen LogP) is 5.04. The number of imide groups is 1. The topological polar surface area (TPSA) is 192 Å². The summed E-state index contributed by atoms with van der Waals surface area (Å²) in [6.45, 7) is 4.95. The third-order valence-corrected chi connectivity index (χ3v) is 10.2. The summed E-state index contributed by atoms with van der Waals surface area (Å²) in [6, 6.07) is 19.3. The monoisotopic (exact) mass is 790 g/mol. The number of carbonyl (C=O) groups is 6. The Balaban J connectivity index is 0.00000260. The average Bonchev–Trinajstić information content (AvgIpc) is 3.47. The minimum absolute atomic E-state index is 0.136. The van der Waals surface area contributed by atoms with Gasteiger partial charge >= 0.3 is 0 Å². The number of amides is 6. The molecule has 1 saturated heterocycles. The summed E-state index contributed by atoms with van der Waals surface area (Å²) in [7, 11) is 1.56. The number of aromatic nitrogens is 2. The maximum absolute atomic E-state index is 13.1. The minimum Gasteiger partial charge on any atom is -0.382 e. The summed E-state index contributed by atoms with van der Waals surface area (Å²) in [5.41, 5.74) is 6.79. The molecule has 1 atom stereocenters. The lowest BCUT2D eigenvalue weighted by molar-refractivity contribution is -0.137. The lowest BCUT2D eigenvalue weighted by atomic mass is 9.94.